The zero-order valence-corrected chi connectivity index (χ0v) is 17.3. The summed E-state index contributed by atoms with van der Waals surface area (Å²) in [5.41, 5.74) is 1.94. The maximum Gasteiger partial charge on any atom is 0.231 e. The van der Waals surface area contributed by atoms with E-state index in [2.05, 4.69) is 14.8 Å². The number of benzene rings is 1. The topological polar surface area (TPSA) is 71.0 Å². The number of rotatable bonds is 4. The van der Waals surface area contributed by atoms with E-state index in [1.54, 1.807) is 0 Å². The van der Waals surface area contributed by atoms with Gasteiger partial charge in [0, 0.05) is 51.0 Å². The van der Waals surface area contributed by atoms with Gasteiger partial charge in [0.15, 0.2) is 11.5 Å². The Labute approximate surface area is 176 Å². The van der Waals surface area contributed by atoms with Gasteiger partial charge in [-0.25, -0.2) is 4.98 Å². The lowest BCUT2D eigenvalue weighted by atomic mass is 10.1. The average Bonchev–Trinajstić information content (AvgIpc) is 3.45. The van der Waals surface area contributed by atoms with Crippen molar-refractivity contribution >= 4 is 17.7 Å². The zero-order valence-electron chi connectivity index (χ0n) is 17.3. The largest absolute Gasteiger partial charge is 0.454 e. The van der Waals surface area contributed by atoms with Gasteiger partial charge in [-0.1, -0.05) is 6.07 Å². The van der Waals surface area contributed by atoms with Crippen molar-refractivity contribution in [3.05, 3.63) is 35.5 Å². The quantitative estimate of drug-likeness (QED) is 0.765. The van der Waals surface area contributed by atoms with Gasteiger partial charge in [0.2, 0.25) is 18.6 Å². The molecule has 0 bridgehead atoms. The lowest BCUT2D eigenvalue weighted by Gasteiger charge is -2.36. The lowest BCUT2D eigenvalue weighted by molar-refractivity contribution is -0.130. The monoisotopic (exact) mass is 409 g/mol. The SMILES string of the molecule is Cc1cc(N2CCN(C(=O)Cc3ccc4c(c3)OCO4)CC2)nc(N2CCCC2)n1. The number of carbonyl (C=O) groups excluding carboxylic acids is 1. The van der Waals surface area contributed by atoms with Crippen LogP contribution in [0, 0.1) is 6.92 Å². The second-order valence-electron chi connectivity index (χ2n) is 8.09. The number of fused-ring (bicyclic) bond motifs is 1. The number of amides is 1. The number of anilines is 2. The van der Waals surface area contributed by atoms with Crippen LogP contribution in [0.3, 0.4) is 0 Å². The Morgan fingerprint density at radius 3 is 2.50 bits per heavy atom. The van der Waals surface area contributed by atoms with Gasteiger partial charge in [-0.3, -0.25) is 4.79 Å². The molecule has 1 amide bonds. The summed E-state index contributed by atoms with van der Waals surface area (Å²) in [6.07, 6.45) is 2.79. The zero-order chi connectivity index (χ0) is 20.5. The molecule has 1 aromatic carbocycles. The van der Waals surface area contributed by atoms with Gasteiger partial charge in [-0.05, 0) is 37.5 Å². The molecule has 8 heteroatoms. The predicted molar refractivity (Wildman–Crippen MR) is 113 cm³/mol. The van der Waals surface area contributed by atoms with E-state index in [0.717, 1.165) is 60.7 Å². The minimum atomic E-state index is 0.144. The van der Waals surface area contributed by atoms with Crippen molar-refractivity contribution in [1.29, 1.82) is 0 Å². The van der Waals surface area contributed by atoms with Crippen LogP contribution in [0.1, 0.15) is 24.1 Å². The van der Waals surface area contributed by atoms with E-state index in [1.807, 2.05) is 36.1 Å². The number of nitrogens with zero attached hydrogens (tertiary/aromatic N) is 5. The van der Waals surface area contributed by atoms with Crippen molar-refractivity contribution < 1.29 is 14.3 Å². The first-order valence-electron chi connectivity index (χ1n) is 10.7. The molecule has 5 rings (SSSR count). The Kier molecular flexibility index (Phi) is 5.06. The van der Waals surface area contributed by atoms with Crippen molar-refractivity contribution in [2.75, 3.05) is 55.9 Å². The smallest absolute Gasteiger partial charge is 0.231 e. The molecule has 0 radical (unpaired) electrons. The summed E-state index contributed by atoms with van der Waals surface area (Å²) in [7, 11) is 0. The van der Waals surface area contributed by atoms with Crippen molar-refractivity contribution in [3.8, 4) is 11.5 Å². The third-order valence-electron chi connectivity index (χ3n) is 5.97. The third kappa shape index (κ3) is 3.86. The fourth-order valence-electron chi connectivity index (χ4n) is 4.28. The number of aromatic nitrogens is 2. The number of hydrogen-bond acceptors (Lipinski definition) is 7. The fourth-order valence-corrected chi connectivity index (χ4v) is 4.28. The van der Waals surface area contributed by atoms with Gasteiger partial charge >= 0.3 is 0 Å². The summed E-state index contributed by atoms with van der Waals surface area (Å²) >= 11 is 0. The number of ether oxygens (including phenoxy) is 2. The number of aryl methyl sites for hydroxylation is 1. The van der Waals surface area contributed by atoms with Crippen LogP contribution >= 0.6 is 0 Å². The van der Waals surface area contributed by atoms with Crippen LogP contribution in [0.2, 0.25) is 0 Å². The Morgan fingerprint density at radius 1 is 0.933 bits per heavy atom. The molecular formula is C22H27N5O3. The van der Waals surface area contributed by atoms with E-state index in [1.165, 1.54) is 12.8 Å². The van der Waals surface area contributed by atoms with Crippen LogP contribution in [0.15, 0.2) is 24.3 Å². The highest BCUT2D eigenvalue weighted by atomic mass is 16.7. The van der Waals surface area contributed by atoms with Gasteiger partial charge < -0.3 is 24.2 Å². The first kappa shape index (κ1) is 19.0. The minimum absolute atomic E-state index is 0.144. The summed E-state index contributed by atoms with van der Waals surface area (Å²) in [5, 5.41) is 0. The van der Waals surface area contributed by atoms with E-state index < -0.39 is 0 Å². The average molecular weight is 409 g/mol. The Morgan fingerprint density at radius 2 is 1.70 bits per heavy atom. The van der Waals surface area contributed by atoms with E-state index in [9.17, 15) is 4.79 Å². The van der Waals surface area contributed by atoms with E-state index >= 15 is 0 Å². The summed E-state index contributed by atoms with van der Waals surface area (Å²) in [6.45, 7) is 7.30. The summed E-state index contributed by atoms with van der Waals surface area (Å²) < 4.78 is 10.8. The first-order chi connectivity index (χ1) is 14.7. The molecule has 0 atom stereocenters. The molecule has 1 aromatic heterocycles. The van der Waals surface area contributed by atoms with E-state index in [-0.39, 0.29) is 12.7 Å². The number of piperazine rings is 1. The van der Waals surface area contributed by atoms with Gasteiger partial charge in [0.1, 0.15) is 5.82 Å². The molecule has 0 saturated carbocycles. The van der Waals surface area contributed by atoms with E-state index in [0.29, 0.717) is 19.5 Å². The highest BCUT2D eigenvalue weighted by Gasteiger charge is 2.24. The fraction of sp³-hybridized carbons (Fsp3) is 0.500. The van der Waals surface area contributed by atoms with Crippen molar-refractivity contribution in [1.82, 2.24) is 14.9 Å². The molecule has 0 N–H and O–H groups in total. The Bertz CT molecular complexity index is 936. The van der Waals surface area contributed by atoms with Crippen LogP contribution in [0.5, 0.6) is 11.5 Å². The number of hydrogen-bond donors (Lipinski definition) is 0. The molecule has 0 unspecified atom stereocenters. The molecule has 2 fully saturated rings. The summed E-state index contributed by atoms with van der Waals surface area (Å²) in [4.78, 5) is 28.7. The van der Waals surface area contributed by atoms with Crippen molar-refractivity contribution in [3.63, 3.8) is 0 Å². The standard InChI is InChI=1S/C22H27N5O3/c1-16-12-20(24-22(23-16)27-6-2-3-7-27)25-8-10-26(11-9-25)21(28)14-17-4-5-18-19(13-17)30-15-29-18/h4-5,12-13H,2-3,6-11,14-15H2,1H3. The molecule has 30 heavy (non-hydrogen) atoms. The number of carbonyl (C=O) groups is 1. The second-order valence-corrected chi connectivity index (χ2v) is 8.09. The highest BCUT2D eigenvalue weighted by molar-refractivity contribution is 5.79. The van der Waals surface area contributed by atoms with Gasteiger partial charge in [0.05, 0.1) is 6.42 Å². The predicted octanol–water partition coefficient (Wildman–Crippen LogP) is 2.01. The van der Waals surface area contributed by atoms with Crippen LogP contribution in [0.4, 0.5) is 11.8 Å². The molecule has 3 aliphatic heterocycles. The minimum Gasteiger partial charge on any atom is -0.454 e. The van der Waals surface area contributed by atoms with Gasteiger partial charge in [-0.15, -0.1) is 0 Å². The highest BCUT2D eigenvalue weighted by Crippen LogP contribution is 2.32. The van der Waals surface area contributed by atoms with Crippen LogP contribution < -0.4 is 19.3 Å². The maximum absolute atomic E-state index is 12.8. The summed E-state index contributed by atoms with van der Waals surface area (Å²) in [6, 6.07) is 7.76. The normalized spacial score (nSPS) is 18.2. The lowest BCUT2D eigenvalue weighted by Crippen LogP contribution is -2.49. The van der Waals surface area contributed by atoms with Gasteiger partial charge in [0.25, 0.3) is 0 Å². The third-order valence-corrected chi connectivity index (χ3v) is 5.97. The Balaban J connectivity index is 1.20. The summed E-state index contributed by atoms with van der Waals surface area (Å²) in [5.74, 6) is 3.41. The molecule has 2 saturated heterocycles. The Hall–Kier alpha value is -3.03. The molecule has 3 aliphatic rings. The second kappa shape index (κ2) is 8.01. The molecular weight excluding hydrogens is 382 g/mol. The van der Waals surface area contributed by atoms with Crippen LogP contribution in [-0.2, 0) is 11.2 Å². The van der Waals surface area contributed by atoms with Crippen molar-refractivity contribution in [2.24, 2.45) is 0 Å². The van der Waals surface area contributed by atoms with Crippen LogP contribution in [-0.4, -0.2) is 66.8 Å². The molecule has 2 aromatic rings. The molecule has 158 valence electrons. The van der Waals surface area contributed by atoms with Crippen molar-refractivity contribution in [2.45, 2.75) is 26.2 Å². The maximum atomic E-state index is 12.8. The van der Waals surface area contributed by atoms with E-state index in [4.69, 9.17) is 14.5 Å². The van der Waals surface area contributed by atoms with Gasteiger partial charge in [-0.2, -0.15) is 4.98 Å². The van der Waals surface area contributed by atoms with Crippen LogP contribution in [0.25, 0.3) is 0 Å². The molecule has 0 aliphatic carbocycles. The molecule has 0 spiro atoms. The molecule has 4 heterocycles. The molecule has 8 nitrogen and oxygen atoms in total. The first-order valence-corrected chi connectivity index (χ1v) is 10.7.